The third kappa shape index (κ3) is 1.75. The lowest BCUT2D eigenvalue weighted by atomic mass is 9.90. The van der Waals surface area contributed by atoms with Crippen LogP contribution < -0.4 is 5.73 Å². The van der Waals surface area contributed by atoms with Crippen LogP contribution in [0.1, 0.15) is 19.5 Å². The first kappa shape index (κ1) is 11.5. The number of nitrogens with zero attached hydrogens (tertiary/aromatic N) is 4. The SMILES string of the molecule is CC1(C)Cc2c(-c3nc(N)ncc3Cl)cnn2C1. The van der Waals surface area contributed by atoms with E-state index in [-0.39, 0.29) is 11.4 Å². The second-order valence-corrected chi connectivity index (χ2v) is 5.84. The molecule has 0 unspecified atom stereocenters. The van der Waals surface area contributed by atoms with Crippen molar-refractivity contribution >= 4 is 17.5 Å². The van der Waals surface area contributed by atoms with Crippen molar-refractivity contribution in [3.63, 3.8) is 0 Å². The third-order valence-electron chi connectivity index (χ3n) is 3.19. The molecule has 0 saturated heterocycles. The highest BCUT2D eigenvalue weighted by Gasteiger charge is 2.32. The molecule has 5 nitrogen and oxygen atoms in total. The monoisotopic (exact) mass is 263 g/mol. The van der Waals surface area contributed by atoms with Crippen molar-refractivity contribution < 1.29 is 0 Å². The van der Waals surface area contributed by atoms with Crippen LogP contribution in [0.2, 0.25) is 5.02 Å². The van der Waals surface area contributed by atoms with Gasteiger partial charge in [0, 0.05) is 17.8 Å². The lowest BCUT2D eigenvalue weighted by Crippen LogP contribution is -2.12. The van der Waals surface area contributed by atoms with E-state index in [4.69, 9.17) is 17.3 Å². The molecule has 0 radical (unpaired) electrons. The molecule has 1 aliphatic rings. The van der Waals surface area contributed by atoms with E-state index in [1.165, 1.54) is 11.9 Å². The molecule has 6 heteroatoms. The Morgan fingerprint density at radius 1 is 1.39 bits per heavy atom. The molecule has 0 bridgehead atoms. The first-order valence-electron chi connectivity index (χ1n) is 5.79. The number of hydrogen-bond donors (Lipinski definition) is 1. The quantitative estimate of drug-likeness (QED) is 0.856. The van der Waals surface area contributed by atoms with E-state index in [0.717, 1.165) is 18.5 Å². The van der Waals surface area contributed by atoms with E-state index in [2.05, 4.69) is 28.9 Å². The van der Waals surface area contributed by atoms with Crippen LogP contribution in [0.25, 0.3) is 11.3 Å². The van der Waals surface area contributed by atoms with Crippen LogP contribution in [0.4, 0.5) is 5.95 Å². The highest BCUT2D eigenvalue weighted by Crippen LogP contribution is 2.37. The van der Waals surface area contributed by atoms with E-state index < -0.39 is 0 Å². The number of aromatic nitrogens is 4. The van der Waals surface area contributed by atoms with Crippen LogP contribution in [0.3, 0.4) is 0 Å². The second-order valence-electron chi connectivity index (χ2n) is 5.43. The van der Waals surface area contributed by atoms with E-state index in [9.17, 15) is 0 Å². The van der Waals surface area contributed by atoms with Gasteiger partial charge in [-0.05, 0) is 11.8 Å². The van der Waals surface area contributed by atoms with Crippen LogP contribution in [0.15, 0.2) is 12.4 Å². The molecule has 0 aliphatic carbocycles. The predicted molar refractivity (Wildman–Crippen MR) is 70.2 cm³/mol. The fourth-order valence-electron chi connectivity index (χ4n) is 2.42. The summed E-state index contributed by atoms with van der Waals surface area (Å²) >= 11 is 6.14. The Morgan fingerprint density at radius 2 is 2.17 bits per heavy atom. The molecule has 0 fully saturated rings. The van der Waals surface area contributed by atoms with Gasteiger partial charge >= 0.3 is 0 Å². The molecule has 0 spiro atoms. The number of hydrogen-bond acceptors (Lipinski definition) is 4. The summed E-state index contributed by atoms with van der Waals surface area (Å²) < 4.78 is 2.02. The number of halogens is 1. The van der Waals surface area contributed by atoms with Crippen LogP contribution in [0.5, 0.6) is 0 Å². The highest BCUT2D eigenvalue weighted by atomic mass is 35.5. The summed E-state index contributed by atoms with van der Waals surface area (Å²) in [5.74, 6) is 0.228. The molecule has 3 heterocycles. The molecule has 94 valence electrons. The number of nitrogen functional groups attached to an aromatic ring is 1. The number of anilines is 1. The van der Waals surface area contributed by atoms with Gasteiger partial charge in [0.05, 0.1) is 23.1 Å². The Bertz CT molecular complexity index is 617. The summed E-state index contributed by atoms with van der Waals surface area (Å²) in [6.45, 7) is 5.36. The number of rotatable bonds is 1. The van der Waals surface area contributed by atoms with Gasteiger partial charge in [-0.2, -0.15) is 5.10 Å². The molecule has 1 aliphatic heterocycles. The van der Waals surface area contributed by atoms with Crippen molar-refractivity contribution in [3.8, 4) is 11.3 Å². The largest absolute Gasteiger partial charge is 0.368 e. The fourth-order valence-corrected chi connectivity index (χ4v) is 2.61. The van der Waals surface area contributed by atoms with Crippen molar-refractivity contribution in [3.05, 3.63) is 23.1 Å². The molecule has 18 heavy (non-hydrogen) atoms. The zero-order valence-corrected chi connectivity index (χ0v) is 11.1. The van der Waals surface area contributed by atoms with Gasteiger partial charge in [0.25, 0.3) is 0 Å². The molecule has 0 atom stereocenters. The van der Waals surface area contributed by atoms with Gasteiger partial charge in [-0.3, -0.25) is 4.68 Å². The summed E-state index contributed by atoms with van der Waals surface area (Å²) in [6.07, 6.45) is 4.30. The molecule has 2 aromatic heterocycles. The van der Waals surface area contributed by atoms with Gasteiger partial charge in [-0.1, -0.05) is 25.4 Å². The zero-order chi connectivity index (χ0) is 12.9. The van der Waals surface area contributed by atoms with Crippen LogP contribution in [0, 0.1) is 5.41 Å². The van der Waals surface area contributed by atoms with Crippen molar-refractivity contribution in [2.75, 3.05) is 5.73 Å². The molecular weight excluding hydrogens is 250 g/mol. The Hall–Kier alpha value is -1.62. The fraction of sp³-hybridized carbons (Fsp3) is 0.417. The second kappa shape index (κ2) is 3.68. The molecular formula is C12H14ClN5. The highest BCUT2D eigenvalue weighted by molar-refractivity contribution is 6.32. The zero-order valence-electron chi connectivity index (χ0n) is 10.3. The smallest absolute Gasteiger partial charge is 0.220 e. The number of fused-ring (bicyclic) bond motifs is 1. The Labute approximate surface area is 110 Å². The van der Waals surface area contributed by atoms with Crippen LogP contribution >= 0.6 is 11.6 Å². The van der Waals surface area contributed by atoms with Gasteiger partial charge in [0.1, 0.15) is 0 Å². The summed E-state index contributed by atoms with van der Waals surface area (Å²) in [6, 6.07) is 0. The topological polar surface area (TPSA) is 69.6 Å². The molecule has 0 saturated carbocycles. The van der Waals surface area contributed by atoms with Gasteiger partial charge < -0.3 is 5.73 Å². The van der Waals surface area contributed by atoms with Gasteiger partial charge in [-0.25, -0.2) is 9.97 Å². The normalized spacial score (nSPS) is 16.8. The first-order valence-corrected chi connectivity index (χ1v) is 6.17. The average molecular weight is 264 g/mol. The summed E-state index contributed by atoms with van der Waals surface area (Å²) in [5.41, 5.74) is 8.64. The maximum Gasteiger partial charge on any atom is 0.220 e. The van der Waals surface area contributed by atoms with Crippen LogP contribution in [-0.2, 0) is 13.0 Å². The lowest BCUT2D eigenvalue weighted by Gasteiger charge is -2.14. The minimum absolute atomic E-state index is 0.226. The summed E-state index contributed by atoms with van der Waals surface area (Å²) in [5, 5.41) is 4.90. The minimum atomic E-state index is 0.226. The van der Waals surface area contributed by atoms with E-state index in [1.807, 2.05) is 4.68 Å². The predicted octanol–water partition coefficient (Wildman–Crippen LogP) is 2.16. The van der Waals surface area contributed by atoms with Gasteiger partial charge in [0.15, 0.2) is 0 Å². The van der Waals surface area contributed by atoms with Crippen molar-refractivity contribution in [1.29, 1.82) is 0 Å². The number of nitrogens with two attached hydrogens (primary N) is 1. The molecule has 0 amide bonds. The maximum atomic E-state index is 6.14. The van der Waals surface area contributed by atoms with E-state index in [0.29, 0.717) is 10.7 Å². The Balaban J connectivity index is 2.13. The summed E-state index contributed by atoms with van der Waals surface area (Å²) in [4.78, 5) is 8.10. The Kier molecular flexibility index (Phi) is 2.35. The van der Waals surface area contributed by atoms with Crippen molar-refractivity contribution in [1.82, 2.24) is 19.7 Å². The molecule has 3 rings (SSSR count). The summed E-state index contributed by atoms with van der Waals surface area (Å²) in [7, 11) is 0. The van der Waals surface area contributed by atoms with E-state index >= 15 is 0 Å². The minimum Gasteiger partial charge on any atom is -0.368 e. The van der Waals surface area contributed by atoms with E-state index in [1.54, 1.807) is 6.20 Å². The van der Waals surface area contributed by atoms with Crippen molar-refractivity contribution in [2.24, 2.45) is 5.41 Å². The average Bonchev–Trinajstić information content (AvgIpc) is 2.77. The Morgan fingerprint density at radius 3 is 2.94 bits per heavy atom. The lowest BCUT2D eigenvalue weighted by molar-refractivity contribution is 0.347. The standard InChI is InChI=1S/C12H14ClN5/c1-12(2)3-9-7(4-16-18(9)6-12)10-8(13)5-15-11(14)17-10/h4-5H,3,6H2,1-2H3,(H2,14,15,17). The van der Waals surface area contributed by atoms with Gasteiger partial charge in [0.2, 0.25) is 5.95 Å². The first-order chi connectivity index (χ1) is 8.46. The van der Waals surface area contributed by atoms with Crippen molar-refractivity contribution in [2.45, 2.75) is 26.8 Å². The maximum absolute atomic E-state index is 6.14. The molecule has 2 aromatic rings. The molecule has 0 aromatic carbocycles. The third-order valence-corrected chi connectivity index (χ3v) is 3.47. The van der Waals surface area contributed by atoms with Crippen LogP contribution in [-0.4, -0.2) is 19.7 Å². The van der Waals surface area contributed by atoms with Gasteiger partial charge in [-0.15, -0.1) is 0 Å². The molecule has 2 N–H and O–H groups in total.